The van der Waals surface area contributed by atoms with Gasteiger partial charge in [-0.25, -0.2) is 4.79 Å². The van der Waals surface area contributed by atoms with Gasteiger partial charge in [-0.05, 0) is 37.7 Å². The van der Waals surface area contributed by atoms with Crippen molar-refractivity contribution in [2.24, 2.45) is 5.92 Å². The number of anilines is 1. The van der Waals surface area contributed by atoms with Crippen LogP contribution >= 0.6 is 11.6 Å². The Hall–Kier alpha value is -1.99. The van der Waals surface area contributed by atoms with Gasteiger partial charge >= 0.3 is 5.76 Å². The van der Waals surface area contributed by atoms with Gasteiger partial charge in [0.05, 0.1) is 29.4 Å². The van der Waals surface area contributed by atoms with Crippen LogP contribution in [0.5, 0.6) is 5.75 Å². The van der Waals surface area contributed by atoms with Crippen LogP contribution in [0.15, 0.2) is 21.3 Å². The number of nitrogens with zero attached hydrogens (tertiary/aromatic N) is 3. The van der Waals surface area contributed by atoms with Crippen LogP contribution in [0.25, 0.3) is 11.5 Å². The number of halogens is 1. The van der Waals surface area contributed by atoms with Crippen molar-refractivity contribution in [2.75, 3.05) is 32.5 Å². The van der Waals surface area contributed by atoms with E-state index in [0.29, 0.717) is 22.0 Å². The molecule has 1 aromatic carbocycles. The molecule has 0 unspecified atom stereocenters. The fourth-order valence-corrected chi connectivity index (χ4v) is 4.78. The molecule has 1 saturated carbocycles. The van der Waals surface area contributed by atoms with Crippen LogP contribution < -0.4 is 16.2 Å². The van der Waals surface area contributed by atoms with E-state index in [0.717, 1.165) is 31.8 Å². The summed E-state index contributed by atoms with van der Waals surface area (Å²) < 4.78 is 12.3. The van der Waals surface area contributed by atoms with Gasteiger partial charge in [0, 0.05) is 25.7 Å². The van der Waals surface area contributed by atoms with Crippen molar-refractivity contribution in [3.63, 3.8) is 0 Å². The van der Waals surface area contributed by atoms with Crippen molar-refractivity contribution >= 4 is 17.3 Å². The zero-order chi connectivity index (χ0) is 20.4. The van der Waals surface area contributed by atoms with Crippen LogP contribution in [0, 0.1) is 5.92 Å². The number of methoxy groups -OCH3 is 1. The average molecular weight is 421 g/mol. The number of hydrogen-bond acceptors (Lipinski definition) is 6. The Labute approximate surface area is 175 Å². The molecule has 0 bridgehead atoms. The van der Waals surface area contributed by atoms with E-state index in [2.05, 4.69) is 10.00 Å². The Kier molecular flexibility index (Phi) is 6.15. The number of benzene rings is 1. The van der Waals surface area contributed by atoms with Gasteiger partial charge in [-0.15, -0.1) is 5.10 Å². The standard InChI is InChI=1S/C21H29ClN4O3/c1-28-19-12-18(23)17(22)11-16(19)20-24-26(21(27)29-20)15-7-9-25(10-8-15)13-14-5-3-2-4-6-14/h11-12,14-15H,2-10,13,23H2,1H3. The summed E-state index contributed by atoms with van der Waals surface area (Å²) in [5.41, 5.74) is 6.77. The highest BCUT2D eigenvalue weighted by molar-refractivity contribution is 6.33. The minimum Gasteiger partial charge on any atom is -0.496 e. The van der Waals surface area contributed by atoms with E-state index in [4.69, 9.17) is 26.5 Å². The normalized spacial score (nSPS) is 19.5. The molecule has 7 nitrogen and oxygen atoms in total. The minimum absolute atomic E-state index is 0.0536. The van der Waals surface area contributed by atoms with Crippen LogP contribution in [-0.2, 0) is 0 Å². The molecule has 158 valence electrons. The molecule has 29 heavy (non-hydrogen) atoms. The van der Waals surface area contributed by atoms with Crippen LogP contribution in [0.2, 0.25) is 5.02 Å². The number of aromatic nitrogens is 2. The molecule has 2 fully saturated rings. The Morgan fingerprint density at radius 2 is 1.93 bits per heavy atom. The third kappa shape index (κ3) is 4.46. The van der Waals surface area contributed by atoms with Gasteiger partial charge < -0.3 is 19.8 Å². The lowest BCUT2D eigenvalue weighted by atomic mass is 9.88. The monoisotopic (exact) mass is 420 g/mol. The lowest BCUT2D eigenvalue weighted by Crippen LogP contribution is -2.39. The summed E-state index contributed by atoms with van der Waals surface area (Å²) >= 11 is 6.14. The molecule has 2 N–H and O–H groups in total. The Morgan fingerprint density at radius 1 is 1.21 bits per heavy atom. The fraction of sp³-hybridized carbons (Fsp3) is 0.619. The molecule has 0 radical (unpaired) electrons. The number of nitrogen functional groups attached to an aromatic ring is 1. The summed E-state index contributed by atoms with van der Waals surface area (Å²) in [5, 5.41) is 4.83. The summed E-state index contributed by atoms with van der Waals surface area (Å²) in [6.07, 6.45) is 8.65. The summed E-state index contributed by atoms with van der Waals surface area (Å²) in [5.74, 6) is 1.08. The second kappa shape index (κ2) is 8.79. The van der Waals surface area contributed by atoms with Gasteiger partial charge in [0.25, 0.3) is 5.89 Å². The topological polar surface area (TPSA) is 86.5 Å². The number of hydrogen-bond donors (Lipinski definition) is 1. The fourth-order valence-electron chi connectivity index (χ4n) is 4.61. The highest BCUT2D eigenvalue weighted by atomic mass is 35.5. The van der Waals surface area contributed by atoms with Gasteiger partial charge in [0.1, 0.15) is 5.75 Å². The molecular weight excluding hydrogens is 392 g/mol. The van der Waals surface area contributed by atoms with Gasteiger partial charge in [-0.1, -0.05) is 30.9 Å². The SMILES string of the molecule is COc1cc(N)c(Cl)cc1-c1nn(C2CCN(CC3CCCCC3)CC2)c(=O)o1. The molecule has 0 spiro atoms. The number of piperidine rings is 1. The maximum atomic E-state index is 12.5. The van der Waals surface area contributed by atoms with E-state index in [1.807, 2.05) is 0 Å². The van der Waals surface area contributed by atoms with Crippen molar-refractivity contribution in [2.45, 2.75) is 51.0 Å². The Morgan fingerprint density at radius 3 is 2.62 bits per heavy atom. The van der Waals surface area contributed by atoms with E-state index in [1.165, 1.54) is 50.4 Å². The number of ether oxygens (including phenoxy) is 1. The van der Waals surface area contributed by atoms with E-state index in [1.54, 1.807) is 12.1 Å². The molecule has 1 aliphatic heterocycles. The van der Waals surface area contributed by atoms with Gasteiger partial charge in [-0.3, -0.25) is 0 Å². The average Bonchev–Trinajstić information content (AvgIpc) is 3.12. The molecule has 1 saturated heterocycles. The van der Waals surface area contributed by atoms with E-state index < -0.39 is 5.76 Å². The van der Waals surface area contributed by atoms with Crippen molar-refractivity contribution in [1.82, 2.24) is 14.7 Å². The van der Waals surface area contributed by atoms with Crippen molar-refractivity contribution in [3.8, 4) is 17.2 Å². The zero-order valence-corrected chi connectivity index (χ0v) is 17.7. The van der Waals surface area contributed by atoms with E-state index in [9.17, 15) is 4.79 Å². The van der Waals surface area contributed by atoms with Crippen molar-refractivity contribution in [3.05, 3.63) is 27.7 Å². The maximum absolute atomic E-state index is 12.5. The molecule has 2 heterocycles. The molecule has 0 atom stereocenters. The van der Waals surface area contributed by atoms with Crippen LogP contribution in [-0.4, -0.2) is 41.4 Å². The van der Waals surface area contributed by atoms with E-state index >= 15 is 0 Å². The first-order chi connectivity index (χ1) is 14.0. The van der Waals surface area contributed by atoms with Crippen LogP contribution in [0.3, 0.4) is 0 Å². The minimum atomic E-state index is -0.444. The second-order valence-electron chi connectivity index (χ2n) is 8.23. The van der Waals surface area contributed by atoms with Crippen LogP contribution in [0.1, 0.15) is 51.0 Å². The predicted molar refractivity (Wildman–Crippen MR) is 113 cm³/mol. The molecule has 1 aliphatic carbocycles. The maximum Gasteiger partial charge on any atom is 0.437 e. The first-order valence-electron chi connectivity index (χ1n) is 10.5. The summed E-state index contributed by atoms with van der Waals surface area (Å²) in [4.78, 5) is 15.0. The van der Waals surface area contributed by atoms with E-state index in [-0.39, 0.29) is 11.9 Å². The third-order valence-corrected chi connectivity index (χ3v) is 6.59. The van der Waals surface area contributed by atoms with Gasteiger partial charge in [-0.2, -0.15) is 4.68 Å². The predicted octanol–water partition coefficient (Wildman–Crippen LogP) is 3.96. The summed E-state index contributed by atoms with van der Waals surface area (Å²) in [7, 11) is 1.53. The highest BCUT2D eigenvalue weighted by Gasteiger charge is 2.27. The molecule has 2 aromatic rings. The Bertz CT molecular complexity index is 896. The quantitative estimate of drug-likeness (QED) is 0.736. The second-order valence-corrected chi connectivity index (χ2v) is 8.63. The third-order valence-electron chi connectivity index (χ3n) is 6.26. The lowest BCUT2D eigenvalue weighted by Gasteiger charge is -2.34. The molecule has 1 aromatic heterocycles. The summed E-state index contributed by atoms with van der Waals surface area (Å²) in [6, 6.07) is 3.29. The number of rotatable bonds is 5. The number of likely N-dealkylation sites (tertiary alicyclic amines) is 1. The highest BCUT2D eigenvalue weighted by Crippen LogP contribution is 2.35. The van der Waals surface area contributed by atoms with Crippen molar-refractivity contribution in [1.29, 1.82) is 0 Å². The van der Waals surface area contributed by atoms with Crippen molar-refractivity contribution < 1.29 is 9.15 Å². The molecule has 0 amide bonds. The number of nitrogens with two attached hydrogens (primary N) is 1. The summed E-state index contributed by atoms with van der Waals surface area (Å²) in [6.45, 7) is 3.17. The van der Waals surface area contributed by atoms with Crippen LogP contribution in [0.4, 0.5) is 5.69 Å². The van der Waals surface area contributed by atoms with Gasteiger partial charge in [0.15, 0.2) is 0 Å². The zero-order valence-electron chi connectivity index (χ0n) is 16.9. The molecule has 4 rings (SSSR count). The molecule has 2 aliphatic rings. The first-order valence-corrected chi connectivity index (χ1v) is 10.9. The lowest BCUT2D eigenvalue weighted by molar-refractivity contribution is 0.141. The largest absolute Gasteiger partial charge is 0.496 e. The molecule has 8 heteroatoms. The smallest absolute Gasteiger partial charge is 0.437 e. The molecular formula is C21H29ClN4O3. The Balaban J connectivity index is 1.45. The van der Waals surface area contributed by atoms with Gasteiger partial charge in [0.2, 0.25) is 0 Å². The first kappa shape index (κ1) is 20.3.